The number of carbonyl (C=O) groups is 2. The SMILES string of the molecule is COc1cc(OC)c(/C=N/NC(=O)CCC(=O)Nc2ccc(C)c(C)c2)cc1Br. The Bertz CT molecular complexity index is 928. The van der Waals surface area contributed by atoms with E-state index in [2.05, 4.69) is 31.8 Å². The molecule has 0 atom stereocenters. The second-order valence-electron chi connectivity index (χ2n) is 6.37. The number of amides is 2. The first-order valence-electron chi connectivity index (χ1n) is 8.94. The summed E-state index contributed by atoms with van der Waals surface area (Å²) < 4.78 is 11.2. The fraction of sp³-hybridized carbons (Fsp3) is 0.286. The molecule has 0 bridgehead atoms. The van der Waals surface area contributed by atoms with E-state index < -0.39 is 0 Å². The zero-order chi connectivity index (χ0) is 21.4. The van der Waals surface area contributed by atoms with Gasteiger partial charge in [0.05, 0.1) is 24.9 Å². The molecule has 0 heterocycles. The van der Waals surface area contributed by atoms with Gasteiger partial charge in [-0.1, -0.05) is 6.07 Å². The molecule has 2 rings (SSSR count). The number of rotatable bonds is 8. The predicted molar refractivity (Wildman–Crippen MR) is 117 cm³/mol. The van der Waals surface area contributed by atoms with Gasteiger partial charge in [-0.2, -0.15) is 5.10 Å². The van der Waals surface area contributed by atoms with Crippen molar-refractivity contribution in [2.24, 2.45) is 5.10 Å². The number of hydrogen-bond donors (Lipinski definition) is 2. The number of hydrogen-bond acceptors (Lipinski definition) is 5. The van der Waals surface area contributed by atoms with Crippen molar-refractivity contribution in [3.05, 3.63) is 51.5 Å². The van der Waals surface area contributed by atoms with E-state index in [9.17, 15) is 9.59 Å². The summed E-state index contributed by atoms with van der Waals surface area (Å²) in [5.41, 5.74) is 6.04. The van der Waals surface area contributed by atoms with Gasteiger partial charge in [-0.05, 0) is 59.1 Å². The van der Waals surface area contributed by atoms with Crippen molar-refractivity contribution in [3.63, 3.8) is 0 Å². The van der Waals surface area contributed by atoms with Gasteiger partial charge < -0.3 is 14.8 Å². The maximum atomic E-state index is 12.0. The molecule has 0 aliphatic heterocycles. The Morgan fingerprint density at radius 3 is 2.34 bits per heavy atom. The molecule has 2 amide bonds. The van der Waals surface area contributed by atoms with E-state index in [1.807, 2.05) is 32.0 Å². The second-order valence-corrected chi connectivity index (χ2v) is 7.22. The molecular formula is C21H24BrN3O4. The van der Waals surface area contributed by atoms with E-state index >= 15 is 0 Å². The maximum Gasteiger partial charge on any atom is 0.240 e. The molecule has 0 saturated carbocycles. The molecule has 2 aromatic rings. The lowest BCUT2D eigenvalue weighted by atomic mass is 10.1. The van der Waals surface area contributed by atoms with E-state index in [1.54, 1.807) is 19.2 Å². The standard InChI is InChI=1S/C21H24BrN3O4/c1-13-5-6-16(9-14(13)2)24-20(26)7-8-21(27)25-23-12-15-10-17(22)19(29-4)11-18(15)28-3/h5-6,9-12H,7-8H2,1-4H3,(H,24,26)(H,25,27)/b23-12+. The number of halogens is 1. The minimum Gasteiger partial charge on any atom is -0.496 e. The smallest absolute Gasteiger partial charge is 0.240 e. The summed E-state index contributed by atoms with van der Waals surface area (Å²) in [4.78, 5) is 24.0. The fourth-order valence-corrected chi connectivity index (χ4v) is 3.01. The summed E-state index contributed by atoms with van der Waals surface area (Å²) in [5.74, 6) is 0.588. The van der Waals surface area contributed by atoms with Crippen LogP contribution in [0.1, 0.15) is 29.5 Å². The summed E-state index contributed by atoms with van der Waals surface area (Å²) in [7, 11) is 3.09. The number of carbonyl (C=O) groups excluding carboxylic acids is 2. The average molecular weight is 462 g/mol. The molecule has 29 heavy (non-hydrogen) atoms. The molecule has 8 heteroatoms. The zero-order valence-corrected chi connectivity index (χ0v) is 18.4. The van der Waals surface area contributed by atoms with Crippen LogP contribution < -0.4 is 20.2 Å². The zero-order valence-electron chi connectivity index (χ0n) is 16.8. The molecule has 0 aromatic heterocycles. The number of benzene rings is 2. The lowest BCUT2D eigenvalue weighted by Gasteiger charge is -2.09. The molecule has 0 aliphatic rings. The summed E-state index contributed by atoms with van der Waals surface area (Å²) in [6, 6.07) is 9.16. The van der Waals surface area contributed by atoms with Crippen molar-refractivity contribution in [3.8, 4) is 11.5 Å². The Morgan fingerprint density at radius 1 is 1.00 bits per heavy atom. The van der Waals surface area contributed by atoms with Gasteiger partial charge in [0.25, 0.3) is 0 Å². The highest BCUT2D eigenvalue weighted by atomic mass is 79.9. The first-order chi connectivity index (χ1) is 13.8. The lowest BCUT2D eigenvalue weighted by Crippen LogP contribution is -2.20. The number of ether oxygens (including phenoxy) is 2. The molecule has 0 saturated heterocycles. The number of aryl methyl sites for hydroxylation is 2. The van der Waals surface area contributed by atoms with Crippen LogP contribution in [-0.4, -0.2) is 32.2 Å². The van der Waals surface area contributed by atoms with Crippen LogP contribution in [0.4, 0.5) is 5.69 Å². The van der Waals surface area contributed by atoms with Gasteiger partial charge in [-0.15, -0.1) is 0 Å². The minimum absolute atomic E-state index is 0.0253. The van der Waals surface area contributed by atoms with Crippen LogP contribution in [0.3, 0.4) is 0 Å². The van der Waals surface area contributed by atoms with Crippen LogP contribution in [-0.2, 0) is 9.59 Å². The average Bonchev–Trinajstić information content (AvgIpc) is 2.69. The number of nitrogens with one attached hydrogen (secondary N) is 2. The highest BCUT2D eigenvalue weighted by Crippen LogP contribution is 2.31. The molecule has 2 N–H and O–H groups in total. The summed E-state index contributed by atoms with van der Waals surface area (Å²) in [6.07, 6.45) is 1.55. The molecule has 154 valence electrons. The van der Waals surface area contributed by atoms with Gasteiger partial charge >= 0.3 is 0 Å². The molecule has 0 radical (unpaired) electrons. The monoisotopic (exact) mass is 461 g/mol. The largest absolute Gasteiger partial charge is 0.496 e. The number of anilines is 1. The Hall–Kier alpha value is -2.87. The Morgan fingerprint density at radius 2 is 1.69 bits per heavy atom. The molecule has 0 unspecified atom stereocenters. The van der Waals surface area contributed by atoms with Crippen LogP contribution >= 0.6 is 15.9 Å². The van der Waals surface area contributed by atoms with E-state index in [0.717, 1.165) is 15.6 Å². The molecule has 7 nitrogen and oxygen atoms in total. The fourth-order valence-electron chi connectivity index (χ4n) is 2.48. The van der Waals surface area contributed by atoms with Gasteiger partial charge in [-0.3, -0.25) is 9.59 Å². The van der Waals surface area contributed by atoms with Crippen LogP contribution in [0, 0.1) is 13.8 Å². The molecule has 0 aliphatic carbocycles. The van der Waals surface area contributed by atoms with Crippen molar-refractivity contribution in [1.29, 1.82) is 0 Å². The topological polar surface area (TPSA) is 89.0 Å². The summed E-state index contributed by atoms with van der Waals surface area (Å²) in [5, 5.41) is 6.72. The number of methoxy groups -OCH3 is 2. The molecule has 0 fully saturated rings. The van der Waals surface area contributed by atoms with Gasteiger partial charge in [0.2, 0.25) is 11.8 Å². The molecular weight excluding hydrogens is 438 g/mol. The van der Waals surface area contributed by atoms with Crippen molar-refractivity contribution >= 4 is 39.6 Å². The number of hydrazone groups is 1. The lowest BCUT2D eigenvalue weighted by molar-refractivity contribution is -0.124. The van der Waals surface area contributed by atoms with Gasteiger partial charge in [0, 0.05) is 30.2 Å². The molecule has 0 spiro atoms. The van der Waals surface area contributed by atoms with Crippen molar-refractivity contribution in [2.45, 2.75) is 26.7 Å². The minimum atomic E-state index is -0.358. The van der Waals surface area contributed by atoms with Crippen LogP contribution in [0.5, 0.6) is 11.5 Å². The first-order valence-corrected chi connectivity index (χ1v) is 9.74. The third-order valence-corrected chi connectivity index (χ3v) is 4.89. The van der Waals surface area contributed by atoms with Crippen LogP contribution in [0.25, 0.3) is 0 Å². The third-order valence-electron chi connectivity index (χ3n) is 4.27. The van der Waals surface area contributed by atoms with Gasteiger partial charge in [0.15, 0.2) is 0 Å². The van der Waals surface area contributed by atoms with Crippen LogP contribution in [0.2, 0.25) is 0 Å². The molecule has 2 aromatic carbocycles. The van der Waals surface area contributed by atoms with E-state index in [0.29, 0.717) is 22.7 Å². The quantitative estimate of drug-likeness (QED) is 0.459. The highest BCUT2D eigenvalue weighted by molar-refractivity contribution is 9.10. The van der Waals surface area contributed by atoms with E-state index in [4.69, 9.17) is 9.47 Å². The Labute approximate surface area is 178 Å². The number of nitrogens with zero attached hydrogens (tertiary/aromatic N) is 1. The van der Waals surface area contributed by atoms with E-state index in [1.165, 1.54) is 13.3 Å². The Kier molecular flexibility index (Phi) is 8.21. The Balaban J connectivity index is 1.85. The first kappa shape index (κ1) is 22.4. The van der Waals surface area contributed by atoms with Crippen LogP contribution in [0.15, 0.2) is 39.9 Å². The maximum absolute atomic E-state index is 12.0. The summed E-state index contributed by atoms with van der Waals surface area (Å²) in [6.45, 7) is 3.98. The van der Waals surface area contributed by atoms with Gasteiger partial charge in [-0.25, -0.2) is 5.43 Å². The van der Waals surface area contributed by atoms with Gasteiger partial charge in [0.1, 0.15) is 11.5 Å². The predicted octanol–water partition coefficient (Wildman–Crippen LogP) is 3.95. The normalized spacial score (nSPS) is 10.7. The van der Waals surface area contributed by atoms with Crippen molar-refractivity contribution in [2.75, 3.05) is 19.5 Å². The van der Waals surface area contributed by atoms with E-state index in [-0.39, 0.29) is 24.7 Å². The summed E-state index contributed by atoms with van der Waals surface area (Å²) >= 11 is 3.39. The van der Waals surface area contributed by atoms with Crippen molar-refractivity contribution in [1.82, 2.24) is 5.43 Å². The third kappa shape index (κ3) is 6.60. The highest BCUT2D eigenvalue weighted by Gasteiger charge is 2.09. The van der Waals surface area contributed by atoms with Crippen molar-refractivity contribution < 1.29 is 19.1 Å². The second kappa shape index (κ2) is 10.6.